The first-order valence-corrected chi connectivity index (χ1v) is 12.2. The molecule has 1 amide bonds. The standard InChI is InChI=1S/C24H39N5O2/c1-2-28-12-7-20-17-22(29-13-15-31-16-14-29)6-8-24(20,19-28)23(30)27-11-4-10-26-21-5-3-9-25-18-21/h3,5,9,18,20,22,26H,2,4,6-8,10-17,19H2,1H3,(H,27,30)/t20-,22+,24-/m1/s1. The first-order valence-electron chi connectivity index (χ1n) is 12.2. The van der Waals surface area contributed by atoms with E-state index in [1.54, 1.807) is 6.20 Å². The first-order chi connectivity index (χ1) is 15.2. The number of morpholine rings is 1. The number of aromatic nitrogens is 1. The van der Waals surface area contributed by atoms with Crippen LogP contribution in [0.3, 0.4) is 0 Å². The Morgan fingerprint density at radius 3 is 2.90 bits per heavy atom. The molecule has 2 aliphatic heterocycles. The van der Waals surface area contributed by atoms with Crippen LogP contribution in [0.1, 0.15) is 39.0 Å². The molecule has 1 aromatic heterocycles. The molecule has 1 saturated carbocycles. The van der Waals surface area contributed by atoms with Gasteiger partial charge in [-0.1, -0.05) is 6.92 Å². The number of amides is 1. The van der Waals surface area contributed by atoms with Crippen LogP contribution in [0.4, 0.5) is 5.69 Å². The van der Waals surface area contributed by atoms with Crippen LogP contribution in [0.15, 0.2) is 24.5 Å². The van der Waals surface area contributed by atoms with Crippen molar-refractivity contribution in [1.29, 1.82) is 0 Å². The molecule has 0 aromatic carbocycles. The largest absolute Gasteiger partial charge is 0.384 e. The van der Waals surface area contributed by atoms with Crippen LogP contribution in [-0.2, 0) is 9.53 Å². The van der Waals surface area contributed by atoms with Crippen molar-refractivity contribution in [3.8, 4) is 0 Å². The maximum absolute atomic E-state index is 13.5. The molecule has 7 nitrogen and oxygen atoms in total. The summed E-state index contributed by atoms with van der Waals surface area (Å²) >= 11 is 0. The van der Waals surface area contributed by atoms with Crippen LogP contribution in [0, 0.1) is 11.3 Å². The summed E-state index contributed by atoms with van der Waals surface area (Å²) in [5, 5.41) is 6.69. The molecule has 31 heavy (non-hydrogen) atoms. The van der Waals surface area contributed by atoms with Gasteiger partial charge in [0.2, 0.25) is 5.91 Å². The Balaban J connectivity index is 1.32. The molecule has 4 rings (SSSR count). The van der Waals surface area contributed by atoms with Gasteiger partial charge in [-0.05, 0) is 63.2 Å². The van der Waals surface area contributed by atoms with Crippen molar-refractivity contribution in [3.63, 3.8) is 0 Å². The number of pyridine rings is 1. The minimum absolute atomic E-state index is 0.214. The minimum Gasteiger partial charge on any atom is -0.384 e. The van der Waals surface area contributed by atoms with Gasteiger partial charge in [-0.15, -0.1) is 0 Å². The average molecular weight is 430 g/mol. The second-order valence-corrected chi connectivity index (χ2v) is 9.36. The van der Waals surface area contributed by atoms with E-state index in [0.717, 1.165) is 96.8 Å². The van der Waals surface area contributed by atoms with E-state index in [1.807, 2.05) is 18.3 Å². The number of fused-ring (bicyclic) bond motifs is 1. The summed E-state index contributed by atoms with van der Waals surface area (Å²) in [5.74, 6) is 0.780. The predicted octanol–water partition coefficient (Wildman–Crippen LogP) is 2.21. The van der Waals surface area contributed by atoms with Crippen LogP contribution in [0.5, 0.6) is 0 Å². The number of likely N-dealkylation sites (tertiary alicyclic amines) is 1. The van der Waals surface area contributed by atoms with Crippen molar-refractivity contribution in [2.75, 3.05) is 64.3 Å². The van der Waals surface area contributed by atoms with E-state index in [2.05, 4.69) is 32.3 Å². The summed E-state index contributed by atoms with van der Waals surface area (Å²) in [7, 11) is 0. The lowest BCUT2D eigenvalue weighted by Crippen LogP contribution is -2.60. The number of carbonyl (C=O) groups excluding carboxylic acids is 1. The molecular weight excluding hydrogens is 390 g/mol. The molecule has 0 radical (unpaired) electrons. The maximum Gasteiger partial charge on any atom is 0.227 e. The van der Waals surface area contributed by atoms with Crippen LogP contribution in [0.25, 0.3) is 0 Å². The highest BCUT2D eigenvalue weighted by atomic mass is 16.5. The van der Waals surface area contributed by atoms with E-state index in [4.69, 9.17) is 4.74 Å². The van der Waals surface area contributed by atoms with E-state index in [1.165, 1.54) is 0 Å². The Morgan fingerprint density at radius 2 is 2.13 bits per heavy atom. The Kier molecular flexibility index (Phi) is 7.80. The molecule has 3 heterocycles. The third-order valence-electron chi connectivity index (χ3n) is 7.65. The number of nitrogens with zero attached hydrogens (tertiary/aromatic N) is 3. The Morgan fingerprint density at radius 1 is 1.26 bits per heavy atom. The molecule has 0 unspecified atom stereocenters. The molecule has 172 valence electrons. The van der Waals surface area contributed by atoms with Crippen LogP contribution < -0.4 is 10.6 Å². The summed E-state index contributed by atoms with van der Waals surface area (Å²) in [4.78, 5) is 22.7. The summed E-state index contributed by atoms with van der Waals surface area (Å²) in [5.41, 5.74) is 0.813. The summed E-state index contributed by atoms with van der Waals surface area (Å²) in [6.45, 7) is 10.6. The van der Waals surface area contributed by atoms with Crippen LogP contribution in [0.2, 0.25) is 0 Å². The van der Waals surface area contributed by atoms with E-state index < -0.39 is 0 Å². The number of rotatable bonds is 8. The highest BCUT2D eigenvalue weighted by Gasteiger charge is 2.52. The van der Waals surface area contributed by atoms with Gasteiger partial charge < -0.3 is 20.3 Å². The van der Waals surface area contributed by atoms with Crippen LogP contribution >= 0.6 is 0 Å². The number of piperidine rings is 1. The highest BCUT2D eigenvalue weighted by Crippen LogP contribution is 2.47. The van der Waals surface area contributed by atoms with Crippen molar-refractivity contribution < 1.29 is 9.53 Å². The number of hydrogen-bond donors (Lipinski definition) is 2. The SMILES string of the molecule is CCN1CC[C@@H]2C[C@@H](N3CCOCC3)CC[C@@]2(C(=O)NCCCNc2cccnc2)C1. The quantitative estimate of drug-likeness (QED) is 0.618. The summed E-state index contributed by atoms with van der Waals surface area (Å²) < 4.78 is 5.56. The fourth-order valence-corrected chi connectivity index (χ4v) is 5.80. The van der Waals surface area contributed by atoms with Gasteiger partial charge in [-0.2, -0.15) is 0 Å². The zero-order valence-corrected chi connectivity index (χ0v) is 19.0. The molecule has 2 N–H and O–H groups in total. The third-order valence-corrected chi connectivity index (χ3v) is 7.65. The molecule has 7 heteroatoms. The maximum atomic E-state index is 13.5. The molecule has 3 aliphatic rings. The van der Waals surface area contributed by atoms with Crippen LogP contribution in [-0.4, -0.2) is 85.8 Å². The molecule has 0 spiro atoms. The monoisotopic (exact) mass is 429 g/mol. The van der Waals surface area contributed by atoms with Gasteiger partial charge >= 0.3 is 0 Å². The molecule has 2 saturated heterocycles. The number of hydrogen-bond acceptors (Lipinski definition) is 6. The number of anilines is 1. The highest BCUT2D eigenvalue weighted by molar-refractivity contribution is 5.83. The van der Waals surface area contributed by atoms with Gasteiger partial charge in [-0.25, -0.2) is 0 Å². The Hall–Kier alpha value is -1.70. The van der Waals surface area contributed by atoms with E-state index in [0.29, 0.717) is 12.0 Å². The lowest BCUT2D eigenvalue weighted by Gasteiger charge is -2.53. The molecule has 3 fully saturated rings. The van der Waals surface area contributed by atoms with Gasteiger partial charge in [-0.3, -0.25) is 14.7 Å². The lowest BCUT2D eigenvalue weighted by atomic mass is 9.61. The Labute approximate surface area is 186 Å². The minimum atomic E-state index is -0.214. The smallest absolute Gasteiger partial charge is 0.227 e. The topological polar surface area (TPSA) is 69.7 Å². The average Bonchev–Trinajstić information content (AvgIpc) is 2.84. The number of ether oxygens (including phenoxy) is 1. The van der Waals surface area contributed by atoms with Gasteiger partial charge in [0.05, 0.1) is 24.3 Å². The summed E-state index contributed by atoms with van der Waals surface area (Å²) in [6.07, 6.45) is 8.96. The molecule has 1 aromatic rings. The van der Waals surface area contributed by atoms with Gasteiger partial charge in [0.25, 0.3) is 0 Å². The van der Waals surface area contributed by atoms with E-state index in [9.17, 15) is 4.79 Å². The second kappa shape index (κ2) is 10.7. The zero-order chi connectivity index (χ0) is 21.5. The van der Waals surface area contributed by atoms with Gasteiger partial charge in [0, 0.05) is 51.2 Å². The van der Waals surface area contributed by atoms with Crippen molar-refractivity contribution in [2.24, 2.45) is 11.3 Å². The third kappa shape index (κ3) is 5.38. The zero-order valence-electron chi connectivity index (χ0n) is 19.0. The van der Waals surface area contributed by atoms with Crippen molar-refractivity contribution in [1.82, 2.24) is 20.1 Å². The summed E-state index contributed by atoms with van der Waals surface area (Å²) in [6, 6.07) is 4.56. The van der Waals surface area contributed by atoms with Crippen molar-refractivity contribution in [3.05, 3.63) is 24.5 Å². The Bertz CT molecular complexity index is 696. The molecule has 3 atom stereocenters. The fourth-order valence-electron chi connectivity index (χ4n) is 5.80. The first kappa shape index (κ1) is 22.5. The molecule has 0 bridgehead atoms. The molecular formula is C24H39N5O2. The molecule has 1 aliphatic carbocycles. The van der Waals surface area contributed by atoms with Crippen molar-refractivity contribution in [2.45, 2.75) is 45.1 Å². The predicted molar refractivity (Wildman–Crippen MR) is 123 cm³/mol. The normalized spacial score (nSPS) is 29.8. The number of nitrogens with one attached hydrogen (secondary N) is 2. The van der Waals surface area contributed by atoms with Gasteiger partial charge in [0.15, 0.2) is 0 Å². The number of carbonyl (C=O) groups is 1. The second-order valence-electron chi connectivity index (χ2n) is 9.36. The lowest BCUT2D eigenvalue weighted by molar-refractivity contribution is -0.144. The fraction of sp³-hybridized carbons (Fsp3) is 0.750. The van der Waals surface area contributed by atoms with Gasteiger partial charge in [0.1, 0.15) is 0 Å². The van der Waals surface area contributed by atoms with E-state index >= 15 is 0 Å². The van der Waals surface area contributed by atoms with Crippen molar-refractivity contribution >= 4 is 11.6 Å². The van der Waals surface area contributed by atoms with E-state index in [-0.39, 0.29) is 11.3 Å².